The Kier molecular flexibility index (Phi) is 8.66. The van der Waals surface area contributed by atoms with Crippen molar-refractivity contribution in [2.75, 3.05) is 56.0 Å². The summed E-state index contributed by atoms with van der Waals surface area (Å²) in [5, 5.41) is 2.87. The summed E-state index contributed by atoms with van der Waals surface area (Å²) in [7, 11) is 1.30. The van der Waals surface area contributed by atoms with E-state index in [0.29, 0.717) is 49.0 Å². The summed E-state index contributed by atoms with van der Waals surface area (Å²) >= 11 is 0. The average molecular weight is 522 g/mol. The number of anilines is 3. The van der Waals surface area contributed by atoms with E-state index in [1.54, 1.807) is 36.7 Å². The molecule has 0 spiro atoms. The average Bonchev–Trinajstić information content (AvgIpc) is 2.96. The van der Waals surface area contributed by atoms with E-state index in [-0.39, 0.29) is 24.0 Å². The Balaban J connectivity index is 1.45. The third-order valence-electron chi connectivity index (χ3n) is 6.16. The molecule has 12 heteroatoms. The largest absolute Gasteiger partial charge is 0.493 e. The molecule has 2 aromatic heterocycles. The number of hydrogen-bond acceptors (Lipinski definition) is 11. The number of rotatable bonds is 9. The number of esters is 1. The number of nitrogens with zero attached hydrogens (tertiary/aromatic N) is 4. The van der Waals surface area contributed by atoms with Crippen LogP contribution in [0.2, 0.25) is 0 Å². The number of morpholine rings is 1. The first-order chi connectivity index (χ1) is 18.4. The predicted octanol–water partition coefficient (Wildman–Crippen LogP) is 1.72. The van der Waals surface area contributed by atoms with Crippen molar-refractivity contribution < 1.29 is 23.8 Å². The fourth-order valence-corrected chi connectivity index (χ4v) is 3.87. The van der Waals surface area contributed by atoms with Gasteiger partial charge in [0.15, 0.2) is 11.5 Å². The van der Waals surface area contributed by atoms with Crippen molar-refractivity contribution in [3.63, 3.8) is 0 Å². The molecular weight excluding hydrogens is 490 g/mol. The molecule has 4 rings (SSSR count). The maximum absolute atomic E-state index is 13.2. The predicted molar refractivity (Wildman–Crippen MR) is 142 cm³/mol. The van der Waals surface area contributed by atoms with Crippen molar-refractivity contribution in [1.82, 2.24) is 15.0 Å². The van der Waals surface area contributed by atoms with Crippen LogP contribution in [0.1, 0.15) is 17.4 Å². The van der Waals surface area contributed by atoms with Crippen molar-refractivity contribution in [3.8, 4) is 17.0 Å². The van der Waals surface area contributed by atoms with Gasteiger partial charge in [-0.1, -0.05) is 6.92 Å². The molecule has 1 aliphatic rings. The molecule has 1 unspecified atom stereocenters. The molecule has 1 aromatic carbocycles. The van der Waals surface area contributed by atoms with Gasteiger partial charge in [-0.15, -0.1) is 0 Å². The molecule has 0 bridgehead atoms. The van der Waals surface area contributed by atoms with Gasteiger partial charge >= 0.3 is 5.97 Å². The van der Waals surface area contributed by atoms with Gasteiger partial charge in [-0.3, -0.25) is 14.6 Å². The fourth-order valence-electron chi connectivity index (χ4n) is 3.87. The molecular formula is C26H31N7O5. The number of hydrogen-bond donors (Lipinski definition) is 3. The van der Waals surface area contributed by atoms with Crippen LogP contribution in [0.25, 0.3) is 11.3 Å². The fraction of sp³-hybridized carbons (Fsp3) is 0.346. The third-order valence-corrected chi connectivity index (χ3v) is 6.16. The van der Waals surface area contributed by atoms with Crippen LogP contribution in [0.15, 0.2) is 48.9 Å². The number of benzene rings is 1. The van der Waals surface area contributed by atoms with Gasteiger partial charge in [0.1, 0.15) is 11.8 Å². The Morgan fingerprint density at radius 3 is 2.61 bits per heavy atom. The maximum Gasteiger partial charge on any atom is 0.323 e. The molecule has 0 saturated carbocycles. The van der Waals surface area contributed by atoms with Crippen LogP contribution >= 0.6 is 0 Å². The van der Waals surface area contributed by atoms with E-state index in [1.165, 1.54) is 13.3 Å². The second-order valence-corrected chi connectivity index (χ2v) is 8.80. The molecule has 1 aliphatic heterocycles. The standard InChI is InChI=1S/C26H31N7O5/c1-16(22(27)26(35)36-2)15-38-18-5-3-17(4-6-18)19-14-30-24(28)23(31-19)25(34)32-20-13-29-8-7-21(20)33-9-11-37-12-10-33/h3-8,13-14,16,22H,9-12,15,27H2,1-2H3,(H2,28,30)(H,32,34)/t16?,22-/m1/s1. The minimum absolute atomic E-state index is 0.00484. The summed E-state index contributed by atoms with van der Waals surface area (Å²) in [6.07, 6.45) is 4.77. The Hall–Kier alpha value is -4.29. The summed E-state index contributed by atoms with van der Waals surface area (Å²) in [5.74, 6) is -0.616. The first-order valence-corrected chi connectivity index (χ1v) is 12.1. The van der Waals surface area contributed by atoms with E-state index >= 15 is 0 Å². The Morgan fingerprint density at radius 2 is 1.89 bits per heavy atom. The lowest BCUT2D eigenvalue weighted by Crippen LogP contribution is -2.40. The zero-order valence-corrected chi connectivity index (χ0v) is 21.3. The van der Waals surface area contributed by atoms with E-state index in [9.17, 15) is 9.59 Å². The monoisotopic (exact) mass is 521 g/mol. The van der Waals surface area contributed by atoms with Crippen LogP contribution in [0.5, 0.6) is 5.75 Å². The highest BCUT2D eigenvalue weighted by atomic mass is 16.5. The lowest BCUT2D eigenvalue weighted by atomic mass is 10.0. The van der Waals surface area contributed by atoms with E-state index in [0.717, 1.165) is 5.69 Å². The number of nitrogen functional groups attached to an aromatic ring is 1. The van der Waals surface area contributed by atoms with Crippen LogP contribution in [0, 0.1) is 5.92 Å². The number of carbonyl (C=O) groups is 2. The first kappa shape index (κ1) is 26.8. The van der Waals surface area contributed by atoms with Crippen molar-refractivity contribution in [2.24, 2.45) is 11.7 Å². The lowest BCUT2D eigenvalue weighted by Gasteiger charge is -2.30. The molecule has 200 valence electrons. The van der Waals surface area contributed by atoms with E-state index in [1.807, 2.05) is 13.0 Å². The van der Waals surface area contributed by atoms with Gasteiger partial charge in [0.2, 0.25) is 0 Å². The molecule has 12 nitrogen and oxygen atoms in total. The molecule has 5 N–H and O–H groups in total. The van der Waals surface area contributed by atoms with Crippen molar-refractivity contribution in [1.29, 1.82) is 0 Å². The molecule has 1 amide bonds. The molecule has 1 saturated heterocycles. The topological polar surface area (TPSA) is 168 Å². The van der Waals surface area contributed by atoms with Gasteiger partial charge in [-0.05, 0) is 30.3 Å². The summed E-state index contributed by atoms with van der Waals surface area (Å²) in [6, 6.07) is 8.17. The summed E-state index contributed by atoms with van der Waals surface area (Å²) in [4.78, 5) is 39.7. The second-order valence-electron chi connectivity index (χ2n) is 8.80. The van der Waals surface area contributed by atoms with Gasteiger partial charge in [-0.25, -0.2) is 9.97 Å². The smallest absolute Gasteiger partial charge is 0.323 e. The van der Waals surface area contributed by atoms with Gasteiger partial charge in [0.25, 0.3) is 5.91 Å². The minimum atomic E-state index is -0.773. The molecule has 3 aromatic rings. The van der Waals surface area contributed by atoms with E-state index < -0.39 is 17.9 Å². The number of pyridine rings is 1. The number of aromatic nitrogens is 3. The number of ether oxygens (including phenoxy) is 3. The zero-order chi connectivity index (χ0) is 27.1. The van der Waals surface area contributed by atoms with Crippen LogP contribution in [-0.4, -0.2) is 72.9 Å². The highest BCUT2D eigenvalue weighted by Gasteiger charge is 2.22. The maximum atomic E-state index is 13.2. The number of nitrogens with one attached hydrogen (secondary N) is 1. The Bertz CT molecular complexity index is 1270. The van der Waals surface area contributed by atoms with Crippen molar-refractivity contribution in [3.05, 3.63) is 54.6 Å². The number of methoxy groups -OCH3 is 1. The van der Waals surface area contributed by atoms with Crippen LogP contribution in [0.3, 0.4) is 0 Å². The number of carbonyl (C=O) groups excluding carboxylic acids is 2. The summed E-state index contributed by atoms with van der Waals surface area (Å²) < 4.78 is 15.9. The lowest BCUT2D eigenvalue weighted by molar-refractivity contribution is -0.143. The summed E-state index contributed by atoms with van der Waals surface area (Å²) in [6.45, 7) is 4.69. The number of amides is 1. The molecule has 0 aliphatic carbocycles. The molecule has 3 heterocycles. The molecule has 2 atom stereocenters. The molecule has 38 heavy (non-hydrogen) atoms. The van der Waals surface area contributed by atoms with Gasteiger partial charge in [0, 0.05) is 30.8 Å². The van der Waals surface area contributed by atoms with Crippen molar-refractivity contribution in [2.45, 2.75) is 13.0 Å². The highest BCUT2D eigenvalue weighted by molar-refractivity contribution is 6.07. The SMILES string of the molecule is COC(=O)[C@H](N)C(C)COc1ccc(-c2cnc(N)c(C(=O)Nc3cnccc3N3CCOCC3)n2)cc1. The third kappa shape index (κ3) is 6.33. The van der Waals surface area contributed by atoms with Crippen LogP contribution in [-0.2, 0) is 14.3 Å². The molecule has 1 fully saturated rings. The van der Waals surface area contributed by atoms with Crippen LogP contribution in [0.4, 0.5) is 17.2 Å². The van der Waals surface area contributed by atoms with Gasteiger partial charge in [0.05, 0.1) is 56.4 Å². The molecule has 0 radical (unpaired) electrons. The summed E-state index contributed by atoms with van der Waals surface area (Å²) in [5.41, 5.74) is 14.5. The Morgan fingerprint density at radius 1 is 1.16 bits per heavy atom. The minimum Gasteiger partial charge on any atom is -0.493 e. The Labute approximate surface area is 220 Å². The second kappa shape index (κ2) is 12.3. The quantitative estimate of drug-likeness (QED) is 0.351. The van der Waals surface area contributed by atoms with E-state index in [4.69, 9.17) is 20.9 Å². The van der Waals surface area contributed by atoms with Crippen LogP contribution < -0.4 is 26.4 Å². The zero-order valence-electron chi connectivity index (χ0n) is 21.3. The van der Waals surface area contributed by atoms with Crippen molar-refractivity contribution >= 4 is 29.1 Å². The first-order valence-electron chi connectivity index (χ1n) is 12.1. The highest BCUT2D eigenvalue weighted by Crippen LogP contribution is 2.27. The normalized spacial score (nSPS) is 14.9. The van der Waals surface area contributed by atoms with Gasteiger partial charge in [-0.2, -0.15) is 0 Å². The number of nitrogens with two attached hydrogens (primary N) is 2. The van der Waals surface area contributed by atoms with E-state index in [2.05, 4.69) is 29.9 Å². The van der Waals surface area contributed by atoms with Gasteiger partial charge < -0.3 is 35.9 Å².